The second-order valence-electron chi connectivity index (χ2n) is 3.87. The number of aliphatic carboxylic acids is 1. The fraction of sp³-hybridized carbons (Fsp3) is 0.417. The molecule has 0 amide bonds. The fourth-order valence-electron chi connectivity index (χ4n) is 1.57. The molecule has 2 atom stereocenters. The highest BCUT2D eigenvalue weighted by atomic mass is 35.5. The smallest absolute Gasteiger partial charge is 0.306 e. The molecule has 1 aromatic carbocycles. The lowest BCUT2D eigenvalue weighted by atomic mass is 9.96. The Balaban J connectivity index is 2.74. The van der Waals surface area contributed by atoms with Gasteiger partial charge in [-0.2, -0.15) is 0 Å². The number of carbonyl (C=O) groups is 1. The lowest BCUT2D eigenvalue weighted by molar-refractivity contribution is -0.141. The summed E-state index contributed by atoms with van der Waals surface area (Å²) in [5, 5.41) is 12.7. The van der Waals surface area contributed by atoms with E-state index in [2.05, 4.69) is 5.32 Å². The van der Waals surface area contributed by atoms with Crippen molar-refractivity contribution in [3.05, 3.63) is 34.9 Å². The van der Waals surface area contributed by atoms with Gasteiger partial charge in [-0.25, -0.2) is 0 Å². The molecule has 0 saturated heterocycles. The van der Waals surface area contributed by atoms with Crippen LogP contribution in [0.5, 0.6) is 0 Å². The van der Waals surface area contributed by atoms with Crippen LogP contribution in [0, 0.1) is 5.92 Å². The average Bonchev–Trinajstić information content (AvgIpc) is 2.26. The minimum Gasteiger partial charge on any atom is -0.481 e. The van der Waals surface area contributed by atoms with Gasteiger partial charge in [0.2, 0.25) is 0 Å². The van der Waals surface area contributed by atoms with E-state index in [0.717, 1.165) is 5.56 Å². The summed E-state index contributed by atoms with van der Waals surface area (Å²) in [6.07, 6.45) is 0.563. The van der Waals surface area contributed by atoms with Gasteiger partial charge in [0.1, 0.15) is 0 Å². The van der Waals surface area contributed by atoms with Gasteiger partial charge in [-0.3, -0.25) is 4.79 Å². The van der Waals surface area contributed by atoms with E-state index in [9.17, 15) is 4.79 Å². The number of carboxylic acids is 1. The second kappa shape index (κ2) is 5.87. The maximum absolute atomic E-state index is 10.8. The van der Waals surface area contributed by atoms with E-state index in [1.165, 1.54) is 0 Å². The van der Waals surface area contributed by atoms with Crippen molar-refractivity contribution >= 4 is 17.6 Å². The largest absolute Gasteiger partial charge is 0.481 e. The van der Waals surface area contributed by atoms with Gasteiger partial charge in [-0.1, -0.05) is 30.7 Å². The Bertz CT molecular complexity index is 351. The summed E-state index contributed by atoms with van der Waals surface area (Å²) in [4.78, 5) is 10.8. The molecule has 0 radical (unpaired) electrons. The van der Waals surface area contributed by atoms with Crippen molar-refractivity contribution in [2.75, 3.05) is 7.05 Å². The zero-order chi connectivity index (χ0) is 12.1. The zero-order valence-corrected chi connectivity index (χ0v) is 10.2. The number of hydrogen-bond donors (Lipinski definition) is 2. The van der Waals surface area contributed by atoms with Gasteiger partial charge in [0.25, 0.3) is 0 Å². The zero-order valence-electron chi connectivity index (χ0n) is 9.40. The van der Waals surface area contributed by atoms with Crippen LogP contribution < -0.4 is 5.32 Å². The topological polar surface area (TPSA) is 49.3 Å². The summed E-state index contributed by atoms with van der Waals surface area (Å²) in [7, 11) is 1.83. The normalized spacial score (nSPS) is 14.4. The molecule has 0 aliphatic carbocycles. The van der Waals surface area contributed by atoms with Crippen molar-refractivity contribution in [1.82, 2.24) is 5.32 Å². The van der Waals surface area contributed by atoms with Gasteiger partial charge in [0.05, 0.1) is 5.92 Å². The molecule has 0 aliphatic heterocycles. The quantitative estimate of drug-likeness (QED) is 0.833. The van der Waals surface area contributed by atoms with Gasteiger partial charge in [0, 0.05) is 11.1 Å². The highest BCUT2D eigenvalue weighted by Crippen LogP contribution is 2.22. The Morgan fingerprint density at radius 3 is 2.44 bits per heavy atom. The van der Waals surface area contributed by atoms with E-state index in [1.54, 1.807) is 6.92 Å². The third-order valence-electron chi connectivity index (χ3n) is 2.63. The van der Waals surface area contributed by atoms with E-state index < -0.39 is 5.97 Å². The summed E-state index contributed by atoms with van der Waals surface area (Å²) in [5.74, 6) is -1.14. The van der Waals surface area contributed by atoms with Gasteiger partial charge < -0.3 is 10.4 Å². The molecule has 0 saturated carbocycles. The van der Waals surface area contributed by atoms with Crippen LogP contribution in [0.15, 0.2) is 24.3 Å². The van der Waals surface area contributed by atoms with E-state index in [1.807, 2.05) is 31.3 Å². The Morgan fingerprint density at radius 2 is 2.00 bits per heavy atom. The number of nitrogens with one attached hydrogen (secondary N) is 1. The van der Waals surface area contributed by atoms with Crippen LogP contribution in [-0.4, -0.2) is 18.1 Å². The summed E-state index contributed by atoms with van der Waals surface area (Å²) < 4.78 is 0. The summed E-state index contributed by atoms with van der Waals surface area (Å²) in [6, 6.07) is 7.50. The molecule has 0 heterocycles. The molecule has 1 aromatic rings. The number of rotatable bonds is 5. The predicted molar refractivity (Wildman–Crippen MR) is 64.7 cm³/mol. The minimum atomic E-state index is -0.769. The van der Waals surface area contributed by atoms with Crippen molar-refractivity contribution < 1.29 is 9.90 Å². The van der Waals surface area contributed by atoms with Crippen LogP contribution in [0.25, 0.3) is 0 Å². The molecule has 0 aliphatic rings. The van der Waals surface area contributed by atoms with Crippen molar-refractivity contribution in [1.29, 1.82) is 0 Å². The first-order valence-corrected chi connectivity index (χ1v) is 5.58. The molecular weight excluding hydrogens is 226 g/mol. The highest BCUT2D eigenvalue weighted by molar-refractivity contribution is 6.30. The molecule has 0 bridgehead atoms. The van der Waals surface area contributed by atoms with E-state index in [0.29, 0.717) is 11.4 Å². The third kappa shape index (κ3) is 3.51. The fourth-order valence-corrected chi connectivity index (χ4v) is 1.70. The summed E-state index contributed by atoms with van der Waals surface area (Å²) in [6.45, 7) is 1.71. The number of benzene rings is 1. The number of carboxylic acid groups (broad SMARTS) is 1. The lowest BCUT2D eigenvalue weighted by Crippen LogP contribution is -2.22. The Hall–Kier alpha value is -1.06. The third-order valence-corrected chi connectivity index (χ3v) is 2.88. The Kier molecular flexibility index (Phi) is 4.77. The first-order chi connectivity index (χ1) is 7.54. The summed E-state index contributed by atoms with van der Waals surface area (Å²) >= 11 is 5.80. The predicted octanol–water partition coefficient (Wildman–Crippen LogP) is 2.71. The Morgan fingerprint density at radius 1 is 1.44 bits per heavy atom. The van der Waals surface area contributed by atoms with Gasteiger partial charge in [0.15, 0.2) is 0 Å². The van der Waals surface area contributed by atoms with Crippen LogP contribution >= 0.6 is 11.6 Å². The molecular formula is C12H16ClNO2. The molecule has 2 N–H and O–H groups in total. The second-order valence-corrected chi connectivity index (χ2v) is 4.30. The highest BCUT2D eigenvalue weighted by Gasteiger charge is 2.18. The van der Waals surface area contributed by atoms with Crippen molar-refractivity contribution in [2.24, 2.45) is 5.92 Å². The SMILES string of the molecule is CNC(CC(C)C(=O)O)c1ccc(Cl)cc1. The standard InChI is InChI=1S/C12H16ClNO2/c1-8(12(15)16)7-11(14-2)9-3-5-10(13)6-4-9/h3-6,8,11,14H,7H2,1-2H3,(H,15,16). The van der Waals surface area contributed by atoms with Gasteiger partial charge in [-0.15, -0.1) is 0 Å². The first-order valence-electron chi connectivity index (χ1n) is 5.20. The lowest BCUT2D eigenvalue weighted by Gasteiger charge is -2.18. The van der Waals surface area contributed by atoms with E-state index >= 15 is 0 Å². The molecule has 16 heavy (non-hydrogen) atoms. The van der Waals surface area contributed by atoms with Crippen LogP contribution in [0.2, 0.25) is 5.02 Å². The summed E-state index contributed by atoms with van der Waals surface area (Å²) in [5.41, 5.74) is 1.06. The van der Waals surface area contributed by atoms with Crippen molar-refractivity contribution in [2.45, 2.75) is 19.4 Å². The maximum Gasteiger partial charge on any atom is 0.306 e. The van der Waals surface area contributed by atoms with E-state index in [-0.39, 0.29) is 12.0 Å². The molecule has 0 spiro atoms. The number of halogens is 1. The minimum absolute atomic E-state index is 0.0448. The van der Waals surface area contributed by atoms with Crippen LogP contribution in [0.3, 0.4) is 0 Å². The van der Waals surface area contributed by atoms with Crippen LogP contribution in [0.4, 0.5) is 0 Å². The van der Waals surface area contributed by atoms with Gasteiger partial charge >= 0.3 is 5.97 Å². The van der Waals surface area contributed by atoms with Crippen LogP contribution in [-0.2, 0) is 4.79 Å². The molecule has 88 valence electrons. The van der Waals surface area contributed by atoms with Crippen molar-refractivity contribution in [3.8, 4) is 0 Å². The van der Waals surface area contributed by atoms with Gasteiger partial charge in [-0.05, 0) is 31.2 Å². The Labute approximate surface area is 100 Å². The molecule has 2 unspecified atom stereocenters. The monoisotopic (exact) mass is 241 g/mol. The average molecular weight is 242 g/mol. The molecule has 1 rings (SSSR count). The van der Waals surface area contributed by atoms with E-state index in [4.69, 9.17) is 16.7 Å². The molecule has 3 nitrogen and oxygen atoms in total. The van der Waals surface area contributed by atoms with Crippen LogP contribution in [0.1, 0.15) is 24.9 Å². The van der Waals surface area contributed by atoms with Crippen molar-refractivity contribution in [3.63, 3.8) is 0 Å². The maximum atomic E-state index is 10.8. The molecule has 0 aromatic heterocycles. The first kappa shape index (κ1) is 13.0. The molecule has 4 heteroatoms. The number of hydrogen-bond acceptors (Lipinski definition) is 2. The molecule has 0 fully saturated rings.